The van der Waals surface area contributed by atoms with Crippen LogP contribution in [0.2, 0.25) is 0 Å². The highest BCUT2D eigenvalue weighted by Crippen LogP contribution is 2.60. The number of thiophene rings is 2. The lowest BCUT2D eigenvalue weighted by molar-refractivity contribution is 0.332. The maximum atomic E-state index is 8.56. The number of hydrogen-bond donors (Lipinski definition) is 0. The molecule has 2 aliphatic heterocycles. The normalized spacial score (nSPS) is 18.4. The van der Waals surface area contributed by atoms with Gasteiger partial charge < -0.3 is 19.6 Å². The van der Waals surface area contributed by atoms with E-state index in [4.69, 9.17) is 8.22 Å². The fourth-order valence-electron chi connectivity index (χ4n) is 22.5. The molecule has 4 heterocycles. The summed E-state index contributed by atoms with van der Waals surface area (Å²) in [5.74, 6) is 0. The molecule has 4 nitrogen and oxygen atoms in total. The molecule has 20 rings (SSSR count). The van der Waals surface area contributed by atoms with E-state index in [-0.39, 0.29) is 60.9 Å². The van der Waals surface area contributed by atoms with Crippen LogP contribution in [0.1, 0.15) is 290 Å². The molecule has 4 aliphatic carbocycles. The van der Waals surface area contributed by atoms with E-state index in [1.54, 1.807) is 17.4 Å². The summed E-state index contributed by atoms with van der Waals surface area (Å²) in [5, 5.41) is 4.12. The molecule has 0 bridgehead atoms. The number of fused-ring (bicyclic) bond motifs is 11. The van der Waals surface area contributed by atoms with Crippen LogP contribution < -0.4 is 35.3 Å². The quantitative estimate of drug-likeness (QED) is 0.0999. The van der Waals surface area contributed by atoms with Crippen molar-refractivity contribution in [1.29, 1.82) is 0 Å². The van der Waals surface area contributed by atoms with E-state index in [0.717, 1.165) is 123 Å². The van der Waals surface area contributed by atoms with Crippen molar-refractivity contribution in [3.05, 3.63) is 314 Å². The van der Waals surface area contributed by atoms with Crippen molar-refractivity contribution in [2.75, 3.05) is 19.6 Å². The van der Waals surface area contributed by atoms with Crippen LogP contribution in [0.15, 0.2) is 236 Å². The largest absolute Gasteiger partial charge is 0.355 e. The molecule has 0 saturated heterocycles. The summed E-state index contributed by atoms with van der Waals surface area (Å²) in [5.41, 5.74) is 38.1. The van der Waals surface area contributed by atoms with Crippen LogP contribution in [0.4, 0.5) is 68.2 Å². The van der Waals surface area contributed by atoms with E-state index in [1.165, 1.54) is 122 Å². The van der Waals surface area contributed by atoms with E-state index in [0.29, 0.717) is 11.1 Å². The number of rotatable bonds is 10. The lowest BCUT2D eigenvalue weighted by Gasteiger charge is -2.48. The Morgan fingerprint density at radius 3 is 1.28 bits per heavy atom. The highest BCUT2D eigenvalue weighted by atomic mass is 127. The van der Waals surface area contributed by atoms with Crippen molar-refractivity contribution >= 4 is 201 Å². The molecule has 0 atom stereocenters. The van der Waals surface area contributed by atoms with Crippen LogP contribution in [0.5, 0.6) is 0 Å². The molecule has 0 radical (unpaired) electrons. The number of halogens is 3. The lowest BCUT2D eigenvalue weighted by atomic mass is 9.35. The van der Waals surface area contributed by atoms with Gasteiger partial charge in [-0.1, -0.05) is 273 Å². The summed E-state index contributed by atoms with van der Waals surface area (Å²) >= 11 is 10.4. The van der Waals surface area contributed by atoms with Gasteiger partial charge in [0.2, 0.25) is 0 Å². The third-order valence-electron chi connectivity index (χ3n) is 30.8. The van der Waals surface area contributed by atoms with Crippen molar-refractivity contribution in [2.24, 2.45) is 0 Å². The number of nitrogens with zero attached hydrogens (tertiary/aromatic N) is 4. The summed E-state index contributed by atoms with van der Waals surface area (Å²) in [6.07, 6.45) is 9.07. The molecule has 0 saturated carbocycles. The maximum absolute atomic E-state index is 8.56. The topological polar surface area (TPSA) is 13.0 Å². The van der Waals surface area contributed by atoms with Crippen molar-refractivity contribution in [1.82, 2.24) is 0 Å². The molecule has 0 N–H and O–H groups in total. The molecule has 14 aromatic rings. The summed E-state index contributed by atoms with van der Waals surface area (Å²) < 4.78 is 54.9. The van der Waals surface area contributed by atoms with E-state index in [9.17, 15) is 0 Å². The van der Waals surface area contributed by atoms with Gasteiger partial charge in [0.15, 0.2) is 0 Å². The zero-order chi connectivity index (χ0) is 98.5. The first-order valence-corrected chi connectivity index (χ1v) is 52.9. The van der Waals surface area contributed by atoms with Crippen LogP contribution in [-0.4, -0.2) is 6.99 Å². The fourth-order valence-corrected chi connectivity index (χ4v) is 24.7. The van der Waals surface area contributed by atoms with Gasteiger partial charge in [0.25, 0.3) is 6.71 Å². The highest BCUT2D eigenvalue weighted by molar-refractivity contribution is 14.4. The van der Waals surface area contributed by atoms with Crippen LogP contribution >= 0.6 is 89.8 Å². The monoisotopic (exact) mass is 2100 g/mol. The van der Waals surface area contributed by atoms with Gasteiger partial charge in [-0.15, -0.1) is 89.8 Å². The third-order valence-corrected chi connectivity index (χ3v) is 33.0. The first-order valence-electron chi connectivity index (χ1n) is 50.4. The molecule has 12 aromatic carbocycles. The fraction of sp³-hybridized carbons (Fsp3) is 0.367. The van der Waals surface area contributed by atoms with Gasteiger partial charge >= 0.3 is 0.282 Å². The Morgan fingerprint density at radius 1 is 0.359 bits per heavy atom. The second-order valence-corrected chi connectivity index (χ2v) is 58.9. The molecule has 0 spiro atoms. The highest BCUT2D eigenvalue weighted by Gasteiger charge is 2.50. The number of aryl methyl sites for hydroxylation is 4. The predicted octanol–water partition coefficient (Wildman–Crippen LogP) is 35.7. The molecule has 0 fully saturated rings. The minimum Gasteiger partial charge on any atom is -0.311 e. The van der Waals surface area contributed by atoms with E-state index >= 15 is 0 Å². The van der Waals surface area contributed by atoms with Crippen molar-refractivity contribution < 1.29 is 8.22 Å². The Labute approximate surface area is 842 Å². The summed E-state index contributed by atoms with van der Waals surface area (Å²) in [7, 11) is 0. The summed E-state index contributed by atoms with van der Waals surface area (Å²) in [4.78, 5) is 10.1. The molecule has 0 unspecified atom stereocenters. The molecular formula is C120H133B2I3N4S2. The zero-order valence-corrected chi connectivity index (χ0v) is 89.7. The first kappa shape index (κ1) is 86.0. The molecule has 6 aliphatic rings. The van der Waals surface area contributed by atoms with Crippen LogP contribution in [0.3, 0.4) is 0 Å². The molecule has 2 aromatic heterocycles. The summed E-state index contributed by atoms with van der Waals surface area (Å²) in [6.45, 7) is 52.4. The van der Waals surface area contributed by atoms with Crippen molar-refractivity contribution in [3.8, 4) is 22.3 Å². The SMILES string of the molecule is IB(I)I.[2H]C([2H])([2H])c1ccc2sc3c(c2c1)N(c1ccc(C(C)(C)C)cc1)c1cc(C)cc2c1B3c1cc3c(cc1N2c1cc2c(cc1-c1ccccc1)C(C)(C)CCC2(C)C)C(C)(C)CCC3(C)C.[2H]C([2H])([2H])c1ccc2scc(N(c3ccc(C(C)(C)C)cc3)c3cc(C)cc(N(c4ccc5c(c4)C(C)(C)CCC5(C)C)c4cc5c(cc4-c4ccccc4)C(C)(C)CCC5(C)C)c3)c2c1. The lowest BCUT2D eigenvalue weighted by Crippen LogP contribution is -2.61. The molecule has 11 heteroatoms. The smallest absolute Gasteiger partial charge is 0.311 e. The standard InChI is InChI=1S/C60H65BN2S.C60H68N2S.BI3/c1-36-19-24-52-42(29-36)54-55(64-52)61-47-33-44-46(60(12,13)28-26-58(44,8)9)35-49(47)63(51-31-37(2)30-50(53(51)61)62(54)40-22-20-39(21-23-40)56(3,4)5)48-34-45-43(57(6,7)25-27-59(45,10)11)32-41(48)38-17-15-14-16-18-38;1-39-19-26-55-48(33-39)54(38-63-55)61(43-22-20-42(21-23-43)56(3,4)5)45-31-40(2)32-46(34-45)62(44-24-25-49-50(35-44)58(8,9)28-27-57(49,6)7)53-37-52-51(59(10,11)29-30-60(52,12)13)36-47(53)41-17-15-14-16-18-41;2-1(3)4/h14-24,29-35H,25-28H2,1-13H3;14-26,31-38H,27-30H2,1-13H3;/i2*1D3;. The zero-order valence-electron chi connectivity index (χ0n) is 87.6. The average molecular weight is 2100 g/mol. The molecule has 0 amide bonds. The van der Waals surface area contributed by atoms with Crippen molar-refractivity contribution in [2.45, 2.75) is 285 Å². The van der Waals surface area contributed by atoms with Gasteiger partial charge in [0, 0.05) is 95.2 Å². The van der Waals surface area contributed by atoms with E-state index in [2.05, 4.69) is 458 Å². The Hall–Kier alpha value is -7.92. The van der Waals surface area contributed by atoms with E-state index in [1.807, 2.05) is 35.6 Å². The third kappa shape index (κ3) is 17.2. The molecular weight excluding hydrogens is 1960 g/mol. The van der Waals surface area contributed by atoms with Gasteiger partial charge in [0.1, 0.15) is 0 Å². The minimum atomic E-state index is -2.23. The Bertz CT molecular complexity index is 7060. The predicted molar refractivity (Wildman–Crippen MR) is 603 cm³/mol. The second kappa shape index (κ2) is 33.8. The van der Waals surface area contributed by atoms with Crippen LogP contribution in [-0.2, 0) is 54.1 Å². The number of anilines is 12. The average Bonchev–Trinajstić information content (AvgIpc) is 1.66. The minimum absolute atomic E-state index is 0.000541. The second-order valence-electron chi connectivity index (χ2n) is 46.0. The van der Waals surface area contributed by atoms with Gasteiger partial charge in [-0.05, 0) is 343 Å². The van der Waals surface area contributed by atoms with Crippen LogP contribution in [0.25, 0.3) is 42.4 Å². The first-order chi connectivity index (χ1) is 63.9. The maximum Gasteiger partial charge on any atom is 0.355 e. The Balaban J connectivity index is 0.000000175. The Kier molecular flexibility index (Phi) is 22.2. The van der Waals surface area contributed by atoms with Crippen LogP contribution in [0, 0.1) is 27.6 Å². The van der Waals surface area contributed by atoms with Gasteiger partial charge in [-0.3, -0.25) is 0 Å². The number of hydrogen-bond acceptors (Lipinski definition) is 6. The Morgan fingerprint density at radius 2 is 0.771 bits per heavy atom. The molecule has 672 valence electrons. The van der Waals surface area contributed by atoms with Gasteiger partial charge in [0.05, 0.1) is 22.7 Å². The summed E-state index contributed by atoms with van der Waals surface area (Å²) in [6, 6.07) is 86.2. The van der Waals surface area contributed by atoms with Gasteiger partial charge in [-0.25, -0.2) is 0 Å². The van der Waals surface area contributed by atoms with Crippen molar-refractivity contribution in [3.63, 3.8) is 0 Å². The van der Waals surface area contributed by atoms with Gasteiger partial charge in [-0.2, -0.15) is 0 Å². The number of benzene rings is 12. The molecule has 131 heavy (non-hydrogen) atoms. The van der Waals surface area contributed by atoms with E-state index < -0.39 is 13.7 Å².